The first-order chi connectivity index (χ1) is 14.7. The topological polar surface area (TPSA) is 55.6 Å². The summed E-state index contributed by atoms with van der Waals surface area (Å²) in [5.74, 6) is 0.931. The summed E-state index contributed by atoms with van der Waals surface area (Å²) in [6.07, 6.45) is 3.11. The van der Waals surface area contributed by atoms with Gasteiger partial charge in [0.15, 0.2) is 5.76 Å². The van der Waals surface area contributed by atoms with Gasteiger partial charge < -0.3 is 9.15 Å². The summed E-state index contributed by atoms with van der Waals surface area (Å²) < 4.78 is 24.0. The van der Waals surface area contributed by atoms with Gasteiger partial charge in [0.25, 0.3) is 5.91 Å². The van der Waals surface area contributed by atoms with E-state index in [1.807, 2.05) is 30.3 Å². The van der Waals surface area contributed by atoms with Crippen molar-refractivity contribution in [2.75, 3.05) is 4.90 Å². The molecule has 2 heterocycles. The first-order valence-corrected chi connectivity index (χ1v) is 9.41. The van der Waals surface area contributed by atoms with Gasteiger partial charge in [-0.2, -0.15) is 0 Å². The molecule has 0 aliphatic heterocycles. The van der Waals surface area contributed by atoms with E-state index in [-0.39, 0.29) is 17.5 Å². The third-order valence-corrected chi connectivity index (χ3v) is 4.49. The predicted molar refractivity (Wildman–Crippen MR) is 111 cm³/mol. The fraction of sp³-hybridized carbons (Fsp3) is 0.0833. The van der Waals surface area contributed by atoms with Gasteiger partial charge in [-0.05, 0) is 59.7 Å². The average Bonchev–Trinajstić information content (AvgIpc) is 3.33. The minimum Gasteiger partial charge on any atom is -0.489 e. The molecule has 6 heteroatoms. The second kappa shape index (κ2) is 9.05. The summed E-state index contributed by atoms with van der Waals surface area (Å²) in [4.78, 5) is 18.8. The quantitative estimate of drug-likeness (QED) is 0.424. The Morgan fingerprint density at radius 2 is 1.70 bits per heavy atom. The number of anilines is 1. The number of pyridine rings is 1. The summed E-state index contributed by atoms with van der Waals surface area (Å²) in [6.45, 7) is 0.672. The Morgan fingerprint density at radius 3 is 2.37 bits per heavy atom. The second-order valence-electron chi connectivity index (χ2n) is 6.62. The molecule has 5 nitrogen and oxygen atoms in total. The van der Waals surface area contributed by atoms with E-state index in [0.717, 1.165) is 11.1 Å². The van der Waals surface area contributed by atoms with Crippen LogP contribution in [0.2, 0.25) is 0 Å². The van der Waals surface area contributed by atoms with Crippen LogP contribution in [0.1, 0.15) is 21.7 Å². The molecule has 2 aromatic carbocycles. The first-order valence-electron chi connectivity index (χ1n) is 9.41. The molecule has 2 aromatic heterocycles. The molecule has 0 aliphatic carbocycles. The molecule has 0 N–H and O–H groups in total. The molecular formula is C24H19FN2O3. The number of ether oxygens (including phenoxy) is 1. The van der Waals surface area contributed by atoms with Crippen LogP contribution in [0, 0.1) is 5.82 Å². The Bertz CT molecular complexity index is 1080. The first kappa shape index (κ1) is 19.4. The maximum atomic E-state index is 13.0. The molecule has 0 spiro atoms. The van der Waals surface area contributed by atoms with E-state index >= 15 is 0 Å². The van der Waals surface area contributed by atoms with E-state index in [1.54, 1.807) is 47.5 Å². The van der Waals surface area contributed by atoms with Crippen LogP contribution in [0.5, 0.6) is 5.75 Å². The molecule has 0 bridgehead atoms. The molecule has 0 aliphatic rings. The maximum absolute atomic E-state index is 13.0. The summed E-state index contributed by atoms with van der Waals surface area (Å²) in [6, 6.07) is 22.4. The highest BCUT2D eigenvalue weighted by molar-refractivity contribution is 6.03. The van der Waals surface area contributed by atoms with Crippen LogP contribution in [-0.4, -0.2) is 10.9 Å². The van der Waals surface area contributed by atoms with Crippen LogP contribution in [0.15, 0.2) is 95.7 Å². The number of carbonyl (C=O) groups is 1. The predicted octanol–water partition coefficient (Wildman–Crippen LogP) is 5.24. The van der Waals surface area contributed by atoms with Crippen molar-refractivity contribution < 1.29 is 18.3 Å². The molecular weight excluding hydrogens is 383 g/mol. The van der Waals surface area contributed by atoms with Crippen molar-refractivity contribution >= 4 is 11.7 Å². The van der Waals surface area contributed by atoms with Crippen molar-refractivity contribution in [3.63, 3.8) is 0 Å². The average molecular weight is 402 g/mol. The SMILES string of the molecule is O=C(c1ccco1)N(Cc1ccc(OCc2ccc(F)cc2)cc1)c1ccccn1. The molecule has 0 unspecified atom stereocenters. The highest BCUT2D eigenvalue weighted by atomic mass is 19.1. The Kier molecular flexibility index (Phi) is 5.85. The van der Waals surface area contributed by atoms with Crippen LogP contribution < -0.4 is 9.64 Å². The Labute approximate surface area is 173 Å². The zero-order chi connectivity index (χ0) is 20.8. The van der Waals surface area contributed by atoms with Crippen molar-refractivity contribution in [1.29, 1.82) is 0 Å². The van der Waals surface area contributed by atoms with E-state index < -0.39 is 0 Å². The minimum atomic E-state index is -0.273. The van der Waals surface area contributed by atoms with Crippen LogP contribution in [-0.2, 0) is 13.2 Å². The van der Waals surface area contributed by atoms with Crippen LogP contribution in [0.3, 0.4) is 0 Å². The minimum absolute atomic E-state index is 0.250. The number of carbonyl (C=O) groups excluding carboxylic acids is 1. The molecule has 1 amide bonds. The van der Waals surface area contributed by atoms with E-state index in [4.69, 9.17) is 9.15 Å². The zero-order valence-corrected chi connectivity index (χ0v) is 16.1. The van der Waals surface area contributed by atoms with Crippen LogP contribution in [0.4, 0.5) is 10.2 Å². The number of hydrogen-bond acceptors (Lipinski definition) is 4. The second-order valence-corrected chi connectivity index (χ2v) is 6.62. The van der Waals surface area contributed by atoms with Crippen LogP contribution in [0.25, 0.3) is 0 Å². The standard InChI is InChI=1S/C24H19FN2O3/c25-20-10-6-19(7-11-20)17-30-21-12-8-18(9-13-21)16-27(23-5-1-2-14-26-23)24(28)22-4-3-15-29-22/h1-15H,16-17H2. The van der Waals surface area contributed by atoms with Gasteiger partial charge in [0.05, 0.1) is 12.8 Å². The van der Waals surface area contributed by atoms with Crippen molar-refractivity contribution in [2.45, 2.75) is 13.2 Å². The Balaban J connectivity index is 1.46. The molecule has 0 atom stereocenters. The lowest BCUT2D eigenvalue weighted by Crippen LogP contribution is -2.30. The van der Waals surface area contributed by atoms with Gasteiger partial charge in [-0.25, -0.2) is 9.37 Å². The van der Waals surface area contributed by atoms with Crippen molar-refractivity contribution in [3.05, 3.63) is 114 Å². The van der Waals surface area contributed by atoms with Gasteiger partial charge >= 0.3 is 0 Å². The van der Waals surface area contributed by atoms with E-state index in [0.29, 0.717) is 24.7 Å². The van der Waals surface area contributed by atoms with Crippen molar-refractivity contribution in [3.8, 4) is 5.75 Å². The van der Waals surface area contributed by atoms with Gasteiger partial charge in [0, 0.05) is 6.20 Å². The van der Waals surface area contributed by atoms with Crippen molar-refractivity contribution in [1.82, 2.24) is 4.98 Å². The van der Waals surface area contributed by atoms with Crippen molar-refractivity contribution in [2.24, 2.45) is 0 Å². The summed E-state index contributed by atoms with van der Waals surface area (Å²) in [7, 11) is 0. The number of benzene rings is 2. The lowest BCUT2D eigenvalue weighted by atomic mass is 10.2. The number of amides is 1. The van der Waals surface area contributed by atoms with E-state index in [1.165, 1.54) is 18.4 Å². The largest absolute Gasteiger partial charge is 0.489 e. The lowest BCUT2D eigenvalue weighted by molar-refractivity contribution is 0.0957. The summed E-state index contributed by atoms with van der Waals surface area (Å²) in [5.41, 5.74) is 1.79. The van der Waals surface area contributed by atoms with E-state index in [9.17, 15) is 9.18 Å². The van der Waals surface area contributed by atoms with Gasteiger partial charge in [-0.1, -0.05) is 30.3 Å². The monoisotopic (exact) mass is 402 g/mol. The highest BCUT2D eigenvalue weighted by Gasteiger charge is 2.21. The molecule has 0 fully saturated rings. The maximum Gasteiger partial charge on any atom is 0.295 e. The fourth-order valence-electron chi connectivity index (χ4n) is 2.92. The smallest absolute Gasteiger partial charge is 0.295 e. The number of aromatic nitrogens is 1. The van der Waals surface area contributed by atoms with Crippen LogP contribution >= 0.6 is 0 Å². The van der Waals surface area contributed by atoms with Gasteiger partial charge in [-0.15, -0.1) is 0 Å². The summed E-state index contributed by atoms with van der Waals surface area (Å²) in [5, 5.41) is 0. The highest BCUT2D eigenvalue weighted by Crippen LogP contribution is 2.20. The summed E-state index contributed by atoms with van der Waals surface area (Å²) >= 11 is 0. The van der Waals surface area contributed by atoms with Gasteiger partial charge in [0.2, 0.25) is 0 Å². The lowest BCUT2D eigenvalue weighted by Gasteiger charge is -2.21. The Hall–Kier alpha value is -3.93. The molecule has 150 valence electrons. The normalized spacial score (nSPS) is 10.6. The molecule has 0 saturated heterocycles. The number of furan rings is 1. The molecule has 4 aromatic rings. The van der Waals surface area contributed by atoms with Gasteiger partial charge in [-0.3, -0.25) is 9.69 Å². The molecule has 0 saturated carbocycles. The fourth-order valence-corrected chi connectivity index (χ4v) is 2.92. The number of halogens is 1. The van der Waals surface area contributed by atoms with Gasteiger partial charge in [0.1, 0.15) is 24.0 Å². The molecule has 4 rings (SSSR count). The molecule has 0 radical (unpaired) electrons. The number of rotatable bonds is 7. The van der Waals surface area contributed by atoms with E-state index in [2.05, 4.69) is 4.98 Å². The Morgan fingerprint density at radius 1 is 0.933 bits per heavy atom. The zero-order valence-electron chi connectivity index (χ0n) is 16.1. The molecule has 30 heavy (non-hydrogen) atoms. The number of nitrogens with zero attached hydrogens (tertiary/aromatic N) is 2. The number of hydrogen-bond donors (Lipinski definition) is 0. The third kappa shape index (κ3) is 4.72. The third-order valence-electron chi connectivity index (χ3n) is 4.49.